The molecule has 0 saturated heterocycles. The summed E-state index contributed by atoms with van der Waals surface area (Å²) in [7, 11) is 9.98. The lowest BCUT2D eigenvalue weighted by atomic mass is 9.50. The van der Waals surface area contributed by atoms with Crippen molar-refractivity contribution in [2.75, 3.05) is 19.0 Å². The fourth-order valence-corrected chi connectivity index (χ4v) is 8.04. The van der Waals surface area contributed by atoms with E-state index in [0.29, 0.717) is 25.2 Å². The summed E-state index contributed by atoms with van der Waals surface area (Å²) in [4.78, 5) is 40.1. The molecule has 5 nitrogen and oxygen atoms in total. The van der Waals surface area contributed by atoms with Crippen LogP contribution in [0.2, 0.25) is 6.32 Å². The molecule has 5 atom stereocenters. The number of rotatable bonds is 5. The number of carbonyl (C=O) groups is 3. The minimum Gasteiger partial charge on any atom is -0.451 e. The van der Waals surface area contributed by atoms with Crippen LogP contribution in [-0.2, 0) is 19.1 Å². The van der Waals surface area contributed by atoms with Crippen LogP contribution in [0.4, 0.5) is 5.69 Å². The standard InChI is InChI=1S/C30H36BNO4/c1-18(33)36-30(27(35)17-31)14-13-26-24-11-7-20-15-22(34)10-12-23(20)28(24)25(16-29(26,30)2)19-5-8-21(9-6-19)32(3)4/h5-6,8-9,15,24-26H,7,10-14,16-17H2,1-4H3/t24?,25?,26?,29-,30-/m0/s1. The average molecular weight is 485 g/mol. The molecule has 2 radical (unpaired) electrons. The number of fused-ring (bicyclic) bond motifs is 4. The zero-order chi connectivity index (χ0) is 25.8. The van der Waals surface area contributed by atoms with Gasteiger partial charge >= 0.3 is 5.97 Å². The number of Topliss-reactive ketones (excluding diaryl/α,β-unsaturated/α-hetero) is 1. The number of esters is 1. The summed E-state index contributed by atoms with van der Waals surface area (Å²) in [6.07, 6.45) is 7.02. The van der Waals surface area contributed by atoms with Gasteiger partial charge < -0.3 is 9.64 Å². The van der Waals surface area contributed by atoms with Gasteiger partial charge in [-0.15, -0.1) is 0 Å². The predicted octanol–water partition coefficient (Wildman–Crippen LogP) is 5.11. The van der Waals surface area contributed by atoms with Crippen LogP contribution in [0, 0.1) is 17.3 Å². The Morgan fingerprint density at radius 3 is 2.47 bits per heavy atom. The highest BCUT2D eigenvalue weighted by atomic mass is 16.6. The van der Waals surface area contributed by atoms with Crippen LogP contribution in [0.15, 0.2) is 47.1 Å². The van der Waals surface area contributed by atoms with Gasteiger partial charge in [-0.25, -0.2) is 0 Å². The second-order valence-electron chi connectivity index (χ2n) is 11.6. The molecule has 1 aromatic carbocycles. The van der Waals surface area contributed by atoms with Crippen molar-refractivity contribution < 1.29 is 19.1 Å². The van der Waals surface area contributed by atoms with Gasteiger partial charge in [0.15, 0.2) is 17.2 Å². The van der Waals surface area contributed by atoms with E-state index in [1.807, 2.05) is 20.2 Å². The van der Waals surface area contributed by atoms with E-state index in [9.17, 15) is 14.4 Å². The monoisotopic (exact) mass is 485 g/mol. The summed E-state index contributed by atoms with van der Waals surface area (Å²) in [5.41, 5.74) is 4.68. The molecule has 1 aromatic rings. The van der Waals surface area contributed by atoms with Crippen LogP contribution in [0.3, 0.4) is 0 Å². The lowest BCUT2D eigenvalue weighted by Gasteiger charge is -2.55. The molecule has 2 saturated carbocycles. The number of carbonyl (C=O) groups excluding carboxylic acids is 3. The summed E-state index contributed by atoms with van der Waals surface area (Å²) in [5, 5.41) is 0. The van der Waals surface area contributed by atoms with Crippen LogP contribution >= 0.6 is 0 Å². The minimum absolute atomic E-state index is 0.0953. The normalized spacial score (nSPS) is 33.3. The van der Waals surface area contributed by atoms with Crippen LogP contribution in [0.5, 0.6) is 0 Å². The molecular formula is C30H36BNO4. The SMILES string of the molecule is [B]CC(=O)[C@@]1(OC(C)=O)CCC2C3CCC4=CC(=O)CCC4=C3C(c3ccc(N(C)C)cc3)C[C@@]21C. The zero-order valence-electron chi connectivity index (χ0n) is 21.9. The van der Waals surface area contributed by atoms with Crippen molar-refractivity contribution in [1.29, 1.82) is 0 Å². The molecule has 6 heteroatoms. The Labute approximate surface area is 215 Å². The van der Waals surface area contributed by atoms with Crippen LogP contribution in [-0.4, -0.2) is 45.1 Å². The highest BCUT2D eigenvalue weighted by Crippen LogP contribution is 2.68. The molecule has 2 fully saturated rings. The second kappa shape index (κ2) is 9.04. The number of hydrogen-bond acceptors (Lipinski definition) is 5. The molecule has 0 N–H and O–H groups in total. The summed E-state index contributed by atoms with van der Waals surface area (Å²) < 4.78 is 6.01. The molecule has 5 rings (SSSR count). The summed E-state index contributed by atoms with van der Waals surface area (Å²) >= 11 is 0. The van der Waals surface area contributed by atoms with E-state index in [2.05, 4.69) is 36.1 Å². The number of ketones is 2. The number of anilines is 1. The Morgan fingerprint density at radius 2 is 1.83 bits per heavy atom. The van der Waals surface area contributed by atoms with Crippen molar-refractivity contribution >= 4 is 31.1 Å². The molecule has 3 unspecified atom stereocenters. The van der Waals surface area contributed by atoms with E-state index in [4.69, 9.17) is 12.6 Å². The molecule has 36 heavy (non-hydrogen) atoms. The molecule has 188 valence electrons. The third kappa shape index (κ3) is 3.71. The van der Waals surface area contributed by atoms with Crippen molar-refractivity contribution in [1.82, 2.24) is 0 Å². The zero-order valence-corrected chi connectivity index (χ0v) is 21.9. The van der Waals surface area contributed by atoms with Gasteiger partial charge in [0, 0.05) is 44.5 Å². The lowest BCUT2D eigenvalue weighted by Crippen LogP contribution is -2.57. The number of benzene rings is 1. The van der Waals surface area contributed by atoms with E-state index in [-0.39, 0.29) is 29.7 Å². The van der Waals surface area contributed by atoms with E-state index in [1.165, 1.54) is 29.2 Å². The molecule has 0 heterocycles. The average Bonchev–Trinajstić information content (AvgIpc) is 3.14. The first-order valence-electron chi connectivity index (χ1n) is 13.3. The first-order chi connectivity index (χ1) is 17.1. The van der Waals surface area contributed by atoms with Crippen molar-refractivity contribution in [2.45, 2.75) is 76.6 Å². The van der Waals surface area contributed by atoms with Crippen molar-refractivity contribution in [3.63, 3.8) is 0 Å². The smallest absolute Gasteiger partial charge is 0.303 e. The van der Waals surface area contributed by atoms with Crippen molar-refractivity contribution in [3.8, 4) is 0 Å². The lowest BCUT2D eigenvalue weighted by molar-refractivity contribution is -0.182. The van der Waals surface area contributed by atoms with Gasteiger partial charge in [0.2, 0.25) is 0 Å². The van der Waals surface area contributed by atoms with Crippen molar-refractivity contribution in [3.05, 3.63) is 52.6 Å². The van der Waals surface area contributed by atoms with Gasteiger partial charge in [0.25, 0.3) is 0 Å². The summed E-state index contributed by atoms with van der Waals surface area (Å²) in [6.45, 7) is 3.56. The number of nitrogens with zero attached hydrogens (tertiary/aromatic N) is 1. The summed E-state index contributed by atoms with van der Waals surface area (Å²) in [6, 6.07) is 8.70. The van der Waals surface area contributed by atoms with Gasteiger partial charge in [-0.05, 0) is 91.6 Å². The maximum absolute atomic E-state index is 13.5. The Bertz CT molecular complexity index is 1170. The van der Waals surface area contributed by atoms with Crippen LogP contribution in [0.1, 0.15) is 70.3 Å². The summed E-state index contributed by atoms with van der Waals surface area (Å²) in [5.74, 6) is 0.257. The molecular weight excluding hydrogens is 449 g/mol. The van der Waals surface area contributed by atoms with Gasteiger partial charge in [-0.3, -0.25) is 14.4 Å². The van der Waals surface area contributed by atoms with Gasteiger partial charge in [-0.2, -0.15) is 0 Å². The maximum Gasteiger partial charge on any atom is 0.303 e. The highest BCUT2D eigenvalue weighted by molar-refractivity contribution is 6.22. The van der Waals surface area contributed by atoms with Gasteiger partial charge in [0.05, 0.1) is 7.85 Å². The van der Waals surface area contributed by atoms with Gasteiger partial charge in [-0.1, -0.05) is 24.6 Å². The third-order valence-electron chi connectivity index (χ3n) is 9.62. The Balaban J connectivity index is 1.69. The molecule has 4 aliphatic carbocycles. The second-order valence-corrected chi connectivity index (χ2v) is 11.6. The largest absolute Gasteiger partial charge is 0.451 e. The highest BCUT2D eigenvalue weighted by Gasteiger charge is 2.67. The Hall–Kier alpha value is -2.63. The van der Waals surface area contributed by atoms with E-state index in [0.717, 1.165) is 31.4 Å². The molecule has 0 aliphatic heterocycles. The Kier molecular flexibility index (Phi) is 6.29. The van der Waals surface area contributed by atoms with E-state index in [1.54, 1.807) is 0 Å². The fraction of sp³-hybridized carbons (Fsp3) is 0.567. The first kappa shape index (κ1) is 25.0. The van der Waals surface area contributed by atoms with Crippen LogP contribution < -0.4 is 4.90 Å². The predicted molar refractivity (Wildman–Crippen MR) is 141 cm³/mol. The number of allylic oxidation sites excluding steroid dienone is 4. The maximum atomic E-state index is 13.5. The molecule has 0 aromatic heterocycles. The van der Waals surface area contributed by atoms with E-state index < -0.39 is 17.0 Å². The minimum atomic E-state index is -1.19. The molecule has 0 amide bonds. The van der Waals surface area contributed by atoms with Crippen molar-refractivity contribution in [2.24, 2.45) is 17.3 Å². The molecule has 0 bridgehead atoms. The van der Waals surface area contributed by atoms with Gasteiger partial charge in [0.1, 0.15) is 0 Å². The third-order valence-corrected chi connectivity index (χ3v) is 9.62. The topological polar surface area (TPSA) is 63.7 Å². The number of ether oxygens (including phenoxy) is 1. The number of hydrogen-bond donors (Lipinski definition) is 0. The molecule has 4 aliphatic rings. The van der Waals surface area contributed by atoms with Crippen LogP contribution in [0.25, 0.3) is 0 Å². The first-order valence-corrected chi connectivity index (χ1v) is 13.3. The quantitative estimate of drug-likeness (QED) is 0.429. The Morgan fingerprint density at radius 1 is 1.11 bits per heavy atom. The molecule has 0 spiro atoms. The fourth-order valence-electron chi connectivity index (χ4n) is 8.04. The van der Waals surface area contributed by atoms with E-state index >= 15 is 0 Å².